The van der Waals surface area contributed by atoms with Crippen LogP contribution in [-0.2, 0) is 25.6 Å². The Balaban J connectivity index is 0.00000218. The number of ether oxygens (including phenoxy) is 3. The third kappa shape index (κ3) is 10.8. The Morgan fingerprint density at radius 2 is 1.49 bits per heavy atom. The van der Waals surface area contributed by atoms with Crippen LogP contribution in [0, 0.1) is 0 Å². The van der Waals surface area contributed by atoms with Crippen molar-refractivity contribution in [2.45, 2.75) is 90.6 Å². The zero-order valence-corrected chi connectivity index (χ0v) is 35.2. The number of aromatic nitrogens is 4. The van der Waals surface area contributed by atoms with Crippen molar-refractivity contribution in [2.75, 3.05) is 26.8 Å². The SMILES string of the molecule is C.COC(=O)N[C@H]1C/C=C/COCc2[nH]c(nc2-c2ccc(-c3ccc(-c4cnc([C@@H]5CCCN5C(=O)OC(C)(C)C)[nH]4)cc3)cc2)[C@@H]2CCCN2C1=O.S.S.S. The van der Waals surface area contributed by atoms with Crippen LogP contribution in [0.2, 0.25) is 0 Å². The smallest absolute Gasteiger partial charge is 0.410 e. The second kappa shape index (κ2) is 20.4. The number of carbonyl (C=O) groups excluding carboxylic acids is 3. The number of imidazole rings is 2. The van der Waals surface area contributed by atoms with Gasteiger partial charge in [0.2, 0.25) is 5.91 Å². The molecule has 2 saturated heterocycles. The molecule has 7 rings (SSSR count). The Bertz CT molecular complexity index is 1980. The minimum absolute atomic E-state index is 0. The quantitative estimate of drug-likeness (QED) is 0.171. The zero-order chi connectivity index (χ0) is 37.1. The second-order valence-electron chi connectivity index (χ2n) is 14.7. The maximum absolute atomic E-state index is 13.7. The summed E-state index contributed by atoms with van der Waals surface area (Å²) >= 11 is 0. The van der Waals surface area contributed by atoms with Crippen molar-refractivity contribution < 1.29 is 28.6 Å². The molecule has 310 valence electrons. The highest BCUT2D eigenvalue weighted by molar-refractivity contribution is 7.59. The van der Waals surface area contributed by atoms with Gasteiger partial charge in [0.05, 0.1) is 55.7 Å². The Morgan fingerprint density at radius 1 is 0.860 bits per heavy atom. The fourth-order valence-corrected chi connectivity index (χ4v) is 7.30. The number of hydrogen-bond donors (Lipinski definition) is 3. The number of alkyl carbamates (subject to hydrolysis) is 1. The van der Waals surface area contributed by atoms with Gasteiger partial charge in [-0.15, -0.1) is 0 Å². The number of fused-ring (bicyclic) bond motifs is 4. The fraction of sp³-hybridized carbons (Fsp3) is 0.439. The number of rotatable bonds is 5. The van der Waals surface area contributed by atoms with Gasteiger partial charge in [0, 0.05) is 18.7 Å². The number of carbonyl (C=O) groups is 3. The van der Waals surface area contributed by atoms with Crippen molar-refractivity contribution >= 4 is 58.6 Å². The van der Waals surface area contributed by atoms with Gasteiger partial charge in [-0.3, -0.25) is 9.69 Å². The topological polar surface area (TPSA) is 155 Å². The van der Waals surface area contributed by atoms with Crippen LogP contribution >= 0.6 is 40.5 Å². The molecule has 0 unspecified atom stereocenters. The summed E-state index contributed by atoms with van der Waals surface area (Å²) in [6, 6.07) is 15.5. The number of likely N-dealkylation sites (tertiary alicyclic amines) is 1. The molecular weight excluding hydrogens is 783 g/mol. The number of nitrogens with zero attached hydrogens (tertiary/aromatic N) is 4. The molecule has 3 aliphatic heterocycles. The number of hydrogen-bond acceptors (Lipinski definition) is 8. The van der Waals surface area contributed by atoms with E-state index >= 15 is 0 Å². The Labute approximate surface area is 356 Å². The van der Waals surface area contributed by atoms with Gasteiger partial charge in [0.15, 0.2) is 0 Å². The molecule has 0 spiro atoms. The highest BCUT2D eigenvalue weighted by Gasteiger charge is 2.37. The van der Waals surface area contributed by atoms with Crippen LogP contribution < -0.4 is 5.32 Å². The Hall–Kier alpha value is -4.38. The predicted molar refractivity (Wildman–Crippen MR) is 236 cm³/mol. The van der Waals surface area contributed by atoms with Gasteiger partial charge in [0.25, 0.3) is 0 Å². The number of nitrogens with one attached hydrogen (secondary N) is 3. The van der Waals surface area contributed by atoms with Crippen LogP contribution in [0.1, 0.15) is 89.7 Å². The summed E-state index contributed by atoms with van der Waals surface area (Å²) in [4.78, 5) is 58.8. The molecule has 3 N–H and O–H groups in total. The zero-order valence-electron chi connectivity index (χ0n) is 32.2. The van der Waals surface area contributed by atoms with Crippen molar-refractivity contribution in [2.24, 2.45) is 0 Å². The molecule has 13 nitrogen and oxygen atoms in total. The molecule has 2 aromatic carbocycles. The number of H-pyrrole nitrogens is 2. The summed E-state index contributed by atoms with van der Waals surface area (Å²) in [6.07, 6.45) is 8.26. The third-order valence-corrected chi connectivity index (χ3v) is 9.90. The molecule has 0 radical (unpaired) electrons. The van der Waals surface area contributed by atoms with Crippen LogP contribution in [0.4, 0.5) is 9.59 Å². The Morgan fingerprint density at radius 3 is 2.16 bits per heavy atom. The number of aromatic amines is 2. The molecule has 57 heavy (non-hydrogen) atoms. The summed E-state index contributed by atoms with van der Waals surface area (Å²) in [5.41, 5.74) is 6.03. The maximum Gasteiger partial charge on any atom is 0.410 e. The number of methoxy groups -OCH3 is 1. The van der Waals surface area contributed by atoms with Crippen molar-refractivity contribution in [3.63, 3.8) is 0 Å². The lowest BCUT2D eigenvalue weighted by Gasteiger charge is -2.27. The van der Waals surface area contributed by atoms with Gasteiger partial charge in [-0.05, 0) is 69.6 Å². The van der Waals surface area contributed by atoms with E-state index in [9.17, 15) is 14.4 Å². The first kappa shape index (κ1) is 47.0. The van der Waals surface area contributed by atoms with Crippen molar-refractivity contribution in [3.05, 3.63) is 84.2 Å². The van der Waals surface area contributed by atoms with Gasteiger partial charge < -0.3 is 34.4 Å². The average Bonchev–Trinajstić information content (AvgIpc) is 3.97. The minimum Gasteiger partial charge on any atom is -0.453 e. The van der Waals surface area contributed by atoms with E-state index in [1.807, 2.05) is 44.0 Å². The first-order valence-electron chi connectivity index (χ1n) is 18.3. The predicted octanol–water partition coefficient (Wildman–Crippen LogP) is 8.04. The summed E-state index contributed by atoms with van der Waals surface area (Å²) in [6.45, 7) is 7.53. The average molecular weight is 840 g/mol. The van der Waals surface area contributed by atoms with Crippen LogP contribution in [0.3, 0.4) is 0 Å². The fourth-order valence-electron chi connectivity index (χ4n) is 7.30. The first-order chi connectivity index (χ1) is 25.6. The van der Waals surface area contributed by atoms with Gasteiger partial charge in [-0.25, -0.2) is 19.6 Å². The first-order valence-corrected chi connectivity index (χ1v) is 18.3. The van der Waals surface area contributed by atoms with Crippen molar-refractivity contribution in [1.29, 1.82) is 0 Å². The third-order valence-electron chi connectivity index (χ3n) is 9.90. The molecule has 0 saturated carbocycles. The second-order valence-corrected chi connectivity index (χ2v) is 14.7. The van der Waals surface area contributed by atoms with Gasteiger partial charge >= 0.3 is 12.2 Å². The summed E-state index contributed by atoms with van der Waals surface area (Å²) in [5, 5.41) is 2.69. The molecule has 16 heteroatoms. The number of amides is 3. The highest BCUT2D eigenvalue weighted by atomic mass is 32.1. The van der Waals surface area contributed by atoms with Crippen molar-refractivity contribution in [1.82, 2.24) is 35.1 Å². The van der Waals surface area contributed by atoms with E-state index < -0.39 is 17.7 Å². The minimum atomic E-state index is -0.749. The van der Waals surface area contributed by atoms with E-state index in [4.69, 9.17) is 19.2 Å². The molecule has 2 aromatic heterocycles. The molecule has 2 fully saturated rings. The van der Waals surface area contributed by atoms with Crippen molar-refractivity contribution in [3.8, 4) is 33.6 Å². The molecule has 0 aliphatic carbocycles. The van der Waals surface area contributed by atoms with Gasteiger partial charge in [-0.1, -0.05) is 68.1 Å². The van der Waals surface area contributed by atoms with E-state index in [1.165, 1.54) is 7.11 Å². The number of benzene rings is 2. The molecule has 4 aromatic rings. The van der Waals surface area contributed by atoms with E-state index in [1.54, 1.807) is 4.90 Å². The molecule has 5 heterocycles. The lowest BCUT2D eigenvalue weighted by molar-refractivity contribution is -0.134. The highest BCUT2D eigenvalue weighted by Crippen LogP contribution is 2.36. The van der Waals surface area contributed by atoms with E-state index in [-0.39, 0.29) is 72.0 Å². The van der Waals surface area contributed by atoms with E-state index in [0.717, 1.165) is 70.8 Å². The van der Waals surface area contributed by atoms with Crippen LogP contribution in [0.15, 0.2) is 66.9 Å². The van der Waals surface area contributed by atoms with E-state index in [0.29, 0.717) is 38.5 Å². The van der Waals surface area contributed by atoms with E-state index in [2.05, 4.69) is 68.8 Å². The Kier molecular flexibility index (Phi) is 16.8. The van der Waals surface area contributed by atoms with Crippen LogP contribution in [0.5, 0.6) is 0 Å². The molecule has 2 bridgehead atoms. The molecule has 3 amide bonds. The van der Waals surface area contributed by atoms with Gasteiger partial charge in [-0.2, -0.15) is 40.5 Å². The van der Waals surface area contributed by atoms with Crippen LogP contribution in [0.25, 0.3) is 33.6 Å². The van der Waals surface area contributed by atoms with Crippen LogP contribution in [-0.4, -0.2) is 86.3 Å². The summed E-state index contributed by atoms with van der Waals surface area (Å²) < 4.78 is 16.4. The normalized spacial score (nSPS) is 19.8. The molecular formula is C41H57N7O6S3. The lowest BCUT2D eigenvalue weighted by atomic mass is 10.0. The molecule has 3 atom stereocenters. The summed E-state index contributed by atoms with van der Waals surface area (Å²) in [5.74, 6) is 1.31. The summed E-state index contributed by atoms with van der Waals surface area (Å²) in [7, 11) is 1.29. The molecule has 3 aliphatic rings. The lowest BCUT2D eigenvalue weighted by Crippen LogP contribution is -2.48. The maximum atomic E-state index is 13.7. The standard InChI is InChI=1S/C40H47N7O6.CH4.3H2S/c1-40(2,3)53-39(50)47-21-8-10-32(47)35-41-23-30(42-35)27-16-12-25(13-17-27)26-14-18-28(19-15-26)34-31-24-52-22-6-5-9-29(44-38(49)51-4)37(48)46-20-7-11-33(46)36(43-31)45-34;;;;/h5-6,12-19,23,29,32-33H,7-11,20-22,24H2,1-4H3,(H,41,42)(H,43,45)(H,44,49);1H4;3*1H2/b6-5+;;;;/t29-,32-,33-;;;;/m0..../s1. The largest absolute Gasteiger partial charge is 0.453 e. The monoisotopic (exact) mass is 839 g/mol. The van der Waals surface area contributed by atoms with Gasteiger partial charge in [0.1, 0.15) is 23.3 Å².